The van der Waals surface area contributed by atoms with Crippen LogP contribution in [0.5, 0.6) is 0 Å². The van der Waals surface area contributed by atoms with Crippen LogP contribution in [0.25, 0.3) is 311 Å². The molecule has 8 nitrogen and oxygen atoms in total. The summed E-state index contributed by atoms with van der Waals surface area (Å²) in [5, 5.41) is 37.6. The summed E-state index contributed by atoms with van der Waals surface area (Å²) in [6.45, 7) is 7.80. The predicted molar refractivity (Wildman–Crippen MR) is 586 cm³/mol. The van der Waals surface area contributed by atoms with Crippen LogP contribution in [0.15, 0.2) is 467 Å². The average molecular weight is 1780 g/mol. The molecular weight excluding hydrogens is 1710 g/mol. The molecule has 31 aromatic rings. The largest absolute Gasteiger partial charge is 0.455 e. The summed E-state index contributed by atoms with van der Waals surface area (Å²) in [4.78, 5) is 19.9. The van der Waals surface area contributed by atoms with Gasteiger partial charge in [0.25, 0.3) is 0 Å². The lowest BCUT2D eigenvalue weighted by Gasteiger charge is -2.20. The van der Waals surface area contributed by atoms with E-state index in [-0.39, 0.29) is 0 Å². The molecule has 7 aromatic heterocycles. The molecule has 0 unspecified atom stereocenters. The smallest absolute Gasteiger partial charge is 0.194 e. The van der Waals surface area contributed by atoms with Crippen molar-refractivity contribution in [1.82, 2.24) is 15.0 Å². The van der Waals surface area contributed by atoms with E-state index >= 15 is 0 Å². The van der Waals surface area contributed by atoms with Crippen LogP contribution in [0.3, 0.4) is 0 Å². The molecule has 0 aliphatic rings. The minimum absolute atomic E-state index is 0.665. The molecule has 0 radical (unpaired) electrons. The van der Waals surface area contributed by atoms with Gasteiger partial charge in [-0.25, -0.2) is 19.8 Å². The number of fused-ring (bicyclic) bond motifs is 34. The summed E-state index contributed by atoms with van der Waals surface area (Å²) in [6, 6.07) is 158. The second-order valence-corrected chi connectivity index (χ2v) is 36.5. The standard InChI is InChI=1S/C45H25NO2.C44H24N2O.C43H25NO/c1-3-11-30-26(9-1)21-24-39-41(30)42-31-12-4-2-10-29(31)25-36(45(42)48-39)27-17-19-28(20-18-27)43-35-23-22-33-32-13-6-8-16-38(32)47-44(33)40(35)34-14-5-7-15-37(34)46-43;1-45-37-25-24-33(26-12-2-3-13-27(26)37)40-29-15-4-6-17-31(29)41(32-18-7-5-16-30(32)40)43-36-23-22-34-28-14-9-11-21-39(28)47-44(34)42(36)35-19-8-10-20-38(35)46-43;1-2-14-27-26(12-1)13-11-21-29(27)39-30-16-3-5-18-32(30)40(33-19-6-4-17-31(33)39)42-36-25-24-34-28-15-8-10-23-38(28)45-43(34)41(36)35-20-7-9-22-37(35)44-42/h1-25H;2-25H;1-25H. The molecular formula is C132H74N4O4. The third-order valence-electron chi connectivity index (χ3n) is 29.1. The molecule has 0 spiro atoms. The van der Waals surface area contributed by atoms with Crippen molar-refractivity contribution in [2.24, 2.45) is 0 Å². The highest BCUT2D eigenvalue weighted by molar-refractivity contribution is 6.35. The van der Waals surface area contributed by atoms with E-state index < -0.39 is 0 Å². The Morgan fingerprint density at radius 3 is 0.950 bits per heavy atom. The molecule has 0 saturated heterocycles. The van der Waals surface area contributed by atoms with Crippen LogP contribution >= 0.6 is 0 Å². The Bertz CT molecular complexity index is 10700. The molecule has 0 fully saturated rings. The second kappa shape index (κ2) is 31.1. The second-order valence-electron chi connectivity index (χ2n) is 36.5. The molecule has 646 valence electrons. The molecule has 0 N–H and O–H groups in total. The van der Waals surface area contributed by atoms with Crippen LogP contribution < -0.4 is 0 Å². The number of furan rings is 4. The first-order valence-electron chi connectivity index (χ1n) is 47.5. The van der Waals surface area contributed by atoms with Gasteiger partial charge in [-0.15, -0.1) is 0 Å². The van der Waals surface area contributed by atoms with Crippen molar-refractivity contribution in [1.29, 1.82) is 0 Å². The Morgan fingerprint density at radius 2 is 0.493 bits per heavy atom. The van der Waals surface area contributed by atoms with Crippen molar-refractivity contribution < 1.29 is 17.7 Å². The fourth-order valence-corrected chi connectivity index (χ4v) is 23.1. The molecule has 140 heavy (non-hydrogen) atoms. The van der Waals surface area contributed by atoms with Crippen LogP contribution in [0.2, 0.25) is 0 Å². The summed E-state index contributed by atoms with van der Waals surface area (Å²) in [5.41, 5.74) is 23.8. The van der Waals surface area contributed by atoms with E-state index in [9.17, 15) is 0 Å². The summed E-state index contributed by atoms with van der Waals surface area (Å²) in [6.07, 6.45) is 0. The van der Waals surface area contributed by atoms with Gasteiger partial charge in [-0.2, -0.15) is 0 Å². The van der Waals surface area contributed by atoms with Gasteiger partial charge in [-0.05, 0) is 181 Å². The van der Waals surface area contributed by atoms with Crippen molar-refractivity contribution in [3.8, 4) is 67.2 Å². The van der Waals surface area contributed by atoms with Crippen LogP contribution in [0, 0.1) is 6.57 Å². The zero-order valence-electron chi connectivity index (χ0n) is 75.1. The summed E-state index contributed by atoms with van der Waals surface area (Å²) in [7, 11) is 0. The molecule has 24 aromatic carbocycles. The third kappa shape index (κ3) is 11.9. The molecule has 0 amide bonds. The van der Waals surface area contributed by atoms with Crippen LogP contribution in [-0.4, -0.2) is 15.0 Å². The third-order valence-corrected chi connectivity index (χ3v) is 29.1. The Kier molecular flexibility index (Phi) is 17.4. The maximum Gasteiger partial charge on any atom is 0.194 e. The van der Waals surface area contributed by atoms with Crippen molar-refractivity contribution in [2.45, 2.75) is 0 Å². The number of hydrogen-bond donors (Lipinski definition) is 0. The first kappa shape index (κ1) is 78.5. The van der Waals surface area contributed by atoms with Crippen LogP contribution in [-0.2, 0) is 0 Å². The normalized spacial score (nSPS) is 12.0. The van der Waals surface area contributed by atoms with E-state index in [1.54, 1.807) is 0 Å². The van der Waals surface area contributed by atoms with Crippen LogP contribution in [0.4, 0.5) is 5.69 Å². The van der Waals surface area contributed by atoms with Gasteiger partial charge in [-0.1, -0.05) is 382 Å². The van der Waals surface area contributed by atoms with Crippen molar-refractivity contribution in [3.63, 3.8) is 0 Å². The number of pyridine rings is 3. The highest BCUT2D eigenvalue weighted by Crippen LogP contribution is 2.54. The first-order chi connectivity index (χ1) is 69.4. The Balaban J connectivity index is 0.000000101. The van der Waals surface area contributed by atoms with Gasteiger partial charge >= 0.3 is 0 Å². The lowest BCUT2D eigenvalue weighted by atomic mass is 9.84. The quantitative estimate of drug-likeness (QED) is 0.0930. The maximum atomic E-state index is 7.80. The molecule has 31 rings (SSSR count). The van der Waals surface area contributed by atoms with Gasteiger partial charge in [0, 0.05) is 114 Å². The van der Waals surface area contributed by atoms with Gasteiger partial charge in [0.1, 0.15) is 44.7 Å². The minimum Gasteiger partial charge on any atom is -0.455 e. The number of aromatic nitrogens is 3. The van der Waals surface area contributed by atoms with E-state index in [4.69, 9.17) is 39.2 Å². The van der Waals surface area contributed by atoms with Gasteiger partial charge < -0.3 is 17.7 Å². The lowest BCUT2D eigenvalue weighted by Crippen LogP contribution is -1.95. The Labute approximate surface area is 799 Å². The van der Waals surface area contributed by atoms with E-state index in [2.05, 4.69) is 405 Å². The molecule has 0 aliphatic heterocycles. The predicted octanol–water partition coefficient (Wildman–Crippen LogP) is 37.5. The summed E-state index contributed by atoms with van der Waals surface area (Å²) in [5.74, 6) is 0. The van der Waals surface area contributed by atoms with Gasteiger partial charge in [0.2, 0.25) is 0 Å². The first-order valence-corrected chi connectivity index (χ1v) is 47.5. The Morgan fingerprint density at radius 1 is 0.171 bits per heavy atom. The number of nitrogens with zero attached hydrogens (tertiary/aromatic N) is 4. The van der Waals surface area contributed by atoms with Crippen molar-refractivity contribution in [2.75, 3.05) is 0 Å². The number of benzene rings is 24. The number of para-hydroxylation sites is 6. The summed E-state index contributed by atoms with van der Waals surface area (Å²) < 4.78 is 26.5. The fourth-order valence-electron chi connectivity index (χ4n) is 23.1. The van der Waals surface area contributed by atoms with E-state index in [0.29, 0.717) is 5.69 Å². The number of hydrogen-bond acceptors (Lipinski definition) is 7. The summed E-state index contributed by atoms with van der Waals surface area (Å²) >= 11 is 0. The number of rotatable bonds is 6. The van der Waals surface area contributed by atoms with Gasteiger partial charge in [-0.3, -0.25) is 0 Å². The monoisotopic (exact) mass is 1780 g/mol. The average Bonchev–Trinajstić information content (AvgIpc) is 1.68. The van der Waals surface area contributed by atoms with E-state index in [0.717, 1.165) is 236 Å². The van der Waals surface area contributed by atoms with Crippen molar-refractivity contribution >= 4 is 245 Å². The molecule has 7 heterocycles. The zero-order chi connectivity index (χ0) is 91.9. The van der Waals surface area contributed by atoms with Gasteiger partial charge in [0.15, 0.2) is 5.69 Å². The zero-order valence-corrected chi connectivity index (χ0v) is 75.1. The van der Waals surface area contributed by atoms with Crippen molar-refractivity contribution in [3.05, 3.63) is 460 Å². The molecule has 0 aliphatic carbocycles. The molecule has 0 atom stereocenters. The highest BCUT2D eigenvalue weighted by atomic mass is 16.3. The topological polar surface area (TPSA) is 95.6 Å². The Hall–Kier alpha value is -18.9. The fraction of sp³-hybridized carbons (Fsp3) is 0. The van der Waals surface area contributed by atoms with E-state index in [1.807, 2.05) is 48.5 Å². The highest BCUT2D eigenvalue weighted by Gasteiger charge is 2.29. The van der Waals surface area contributed by atoms with Crippen LogP contribution in [0.1, 0.15) is 0 Å². The maximum absolute atomic E-state index is 7.80. The van der Waals surface area contributed by atoms with E-state index in [1.165, 1.54) is 70.4 Å². The molecule has 0 bridgehead atoms. The SMILES string of the molecule is [C-]#[N+]c1ccc(-c2c3ccccc3c(-c3nc4ccccc4c4c3ccc3c5ccccc5oc34)c3ccccc23)c2ccccc12.c1ccc2c(-c3c4ccccc4c(-c4nc5ccccc5c5c4ccc4c6ccccc6oc45)c4ccccc34)cccc2c1.c1ccc2c(c1)ccc1oc3c(-c4ccc(-c5nc6ccccc6c6c5ccc5c7ccccc7oc56)cc4)cc4ccccc4c3c12. The molecule has 8 heteroatoms. The molecule has 0 saturated carbocycles. The minimum atomic E-state index is 0.665. The lowest BCUT2D eigenvalue weighted by molar-refractivity contribution is 0.670. The van der Waals surface area contributed by atoms with Gasteiger partial charge in [0.05, 0.1) is 40.2 Å².